The van der Waals surface area contributed by atoms with Crippen molar-refractivity contribution in [3.63, 3.8) is 0 Å². The van der Waals surface area contributed by atoms with Crippen LogP contribution in [-0.2, 0) is 6.54 Å². The van der Waals surface area contributed by atoms with E-state index in [4.69, 9.17) is 0 Å². The molecule has 106 valence electrons. The zero-order valence-electron chi connectivity index (χ0n) is 10.2. The third kappa shape index (κ3) is 5.09. The second kappa shape index (κ2) is 6.54. The summed E-state index contributed by atoms with van der Waals surface area (Å²) >= 11 is 3.25. The SMILES string of the molecule is FC(F)(F)Sc1ccc(NCc2ccc(Br)cc2)cc1. The molecule has 20 heavy (non-hydrogen) atoms. The molecule has 0 radical (unpaired) electrons. The van der Waals surface area contributed by atoms with Gasteiger partial charge in [-0.05, 0) is 53.7 Å². The first-order valence-electron chi connectivity index (χ1n) is 5.76. The topological polar surface area (TPSA) is 12.0 Å². The summed E-state index contributed by atoms with van der Waals surface area (Å²) in [4.78, 5) is 0.187. The number of anilines is 1. The van der Waals surface area contributed by atoms with Crippen LogP contribution in [0.5, 0.6) is 0 Å². The van der Waals surface area contributed by atoms with Crippen LogP contribution in [-0.4, -0.2) is 5.51 Å². The van der Waals surface area contributed by atoms with E-state index in [1.54, 1.807) is 12.1 Å². The number of hydrogen-bond acceptors (Lipinski definition) is 2. The standard InChI is InChI=1S/C14H11BrF3NS/c15-11-3-1-10(2-4-11)9-19-12-5-7-13(8-6-12)20-14(16,17)18/h1-8,19H,9H2. The van der Waals surface area contributed by atoms with Gasteiger partial charge in [0, 0.05) is 21.6 Å². The summed E-state index contributed by atoms with van der Waals surface area (Å²) in [5.74, 6) is 0. The van der Waals surface area contributed by atoms with Crippen molar-refractivity contribution in [3.05, 3.63) is 58.6 Å². The fourth-order valence-corrected chi connectivity index (χ4v) is 2.38. The second-order valence-corrected chi connectivity index (χ2v) is 6.11. The molecule has 2 aromatic rings. The molecule has 0 aliphatic heterocycles. The van der Waals surface area contributed by atoms with Gasteiger partial charge in [-0.15, -0.1) is 0 Å². The molecule has 0 heterocycles. The van der Waals surface area contributed by atoms with Gasteiger partial charge < -0.3 is 5.32 Å². The van der Waals surface area contributed by atoms with Crippen LogP contribution in [0.15, 0.2) is 57.9 Å². The summed E-state index contributed by atoms with van der Waals surface area (Å²) in [6.45, 7) is 0.624. The first-order valence-corrected chi connectivity index (χ1v) is 7.37. The Bertz CT molecular complexity index is 552. The molecule has 0 fully saturated rings. The molecule has 0 spiro atoms. The van der Waals surface area contributed by atoms with Crippen molar-refractivity contribution in [2.24, 2.45) is 0 Å². The number of benzene rings is 2. The lowest BCUT2D eigenvalue weighted by molar-refractivity contribution is -0.0328. The molecular formula is C14H11BrF3NS. The predicted molar refractivity (Wildman–Crippen MR) is 79.8 cm³/mol. The number of nitrogens with one attached hydrogen (secondary N) is 1. The van der Waals surface area contributed by atoms with E-state index in [-0.39, 0.29) is 16.7 Å². The summed E-state index contributed by atoms with van der Waals surface area (Å²) in [6, 6.07) is 14.1. The molecule has 2 rings (SSSR count). The van der Waals surface area contributed by atoms with Crippen molar-refractivity contribution in [3.8, 4) is 0 Å². The molecule has 1 N–H and O–H groups in total. The summed E-state index contributed by atoms with van der Waals surface area (Å²) < 4.78 is 37.6. The van der Waals surface area contributed by atoms with Crippen molar-refractivity contribution in [2.45, 2.75) is 16.9 Å². The first-order chi connectivity index (χ1) is 9.42. The molecule has 0 aromatic heterocycles. The first kappa shape index (κ1) is 15.3. The van der Waals surface area contributed by atoms with Crippen LogP contribution >= 0.6 is 27.7 Å². The molecule has 0 amide bonds. The Labute approximate surface area is 127 Å². The highest BCUT2D eigenvalue weighted by Gasteiger charge is 2.28. The number of alkyl halides is 3. The normalized spacial score (nSPS) is 11.4. The van der Waals surface area contributed by atoms with E-state index in [0.717, 1.165) is 15.7 Å². The monoisotopic (exact) mass is 361 g/mol. The molecule has 0 saturated heterocycles. The lowest BCUT2D eigenvalue weighted by Gasteiger charge is -2.09. The Kier molecular flexibility index (Phi) is 4.99. The van der Waals surface area contributed by atoms with Crippen LogP contribution in [0.4, 0.5) is 18.9 Å². The Hall–Kier alpha value is -1.14. The zero-order valence-corrected chi connectivity index (χ0v) is 12.6. The maximum Gasteiger partial charge on any atom is 0.446 e. The van der Waals surface area contributed by atoms with Gasteiger partial charge >= 0.3 is 5.51 Å². The molecule has 0 aliphatic rings. The van der Waals surface area contributed by atoms with Crippen LogP contribution < -0.4 is 5.32 Å². The minimum Gasteiger partial charge on any atom is -0.381 e. The van der Waals surface area contributed by atoms with E-state index >= 15 is 0 Å². The van der Waals surface area contributed by atoms with Gasteiger partial charge in [-0.25, -0.2) is 0 Å². The lowest BCUT2D eigenvalue weighted by atomic mass is 10.2. The molecule has 1 nitrogen and oxygen atoms in total. The van der Waals surface area contributed by atoms with Crippen LogP contribution in [0.3, 0.4) is 0 Å². The highest BCUT2D eigenvalue weighted by Crippen LogP contribution is 2.37. The number of halogens is 4. The van der Waals surface area contributed by atoms with Crippen LogP contribution in [0.25, 0.3) is 0 Å². The smallest absolute Gasteiger partial charge is 0.381 e. The van der Waals surface area contributed by atoms with E-state index in [2.05, 4.69) is 21.2 Å². The van der Waals surface area contributed by atoms with E-state index < -0.39 is 5.51 Å². The molecule has 0 unspecified atom stereocenters. The average molecular weight is 362 g/mol. The van der Waals surface area contributed by atoms with Crippen LogP contribution in [0.1, 0.15) is 5.56 Å². The van der Waals surface area contributed by atoms with Gasteiger partial charge in [0.05, 0.1) is 0 Å². The van der Waals surface area contributed by atoms with Crippen molar-refractivity contribution < 1.29 is 13.2 Å². The highest BCUT2D eigenvalue weighted by atomic mass is 79.9. The Morgan fingerprint density at radius 2 is 1.55 bits per heavy atom. The van der Waals surface area contributed by atoms with Gasteiger partial charge in [0.15, 0.2) is 0 Å². The van der Waals surface area contributed by atoms with Crippen LogP contribution in [0.2, 0.25) is 0 Å². The van der Waals surface area contributed by atoms with E-state index in [1.807, 2.05) is 24.3 Å². The maximum atomic E-state index is 12.2. The van der Waals surface area contributed by atoms with Crippen molar-refractivity contribution in [1.82, 2.24) is 0 Å². The summed E-state index contributed by atoms with van der Waals surface area (Å²) in [5.41, 5.74) is -2.35. The van der Waals surface area contributed by atoms with Gasteiger partial charge in [0.25, 0.3) is 0 Å². The van der Waals surface area contributed by atoms with Gasteiger partial charge in [0.1, 0.15) is 0 Å². The van der Waals surface area contributed by atoms with Gasteiger partial charge in [-0.1, -0.05) is 28.1 Å². The fourth-order valence-electron chi connectivity index (χ4n) is 1.58. The molecule has 0 aliphatic carbocycles. The summed E-state index contributed by atoms with van der Waals surface area (Å²) in [5, 5.41) is 3.16. The van der Waals surface area contributed by atoms with E-state index in [0.29, 0.717) is 6.54 Å². The second-order valence-electron chi connectivity index (χ2n) is 4.05. The number of rotatable bonds is 4. The zero-order chi connectivity index (χ0) is 14.6. The third-order valence-electron chi connectivity index (χ3n) is 2.50. The molecule has 0 bridgehead atoms. The predicted octanol–water partition coefficient (Wildman–Crippen LogP) is 5.67. The highest BCUT2D eigenvalue weighted by molar-refractivity contribution is 9.10. The fraction of sp³-hybridized carbons (Fsp3) is 0.143. The molecule has 0 atom stereocenters. The summed E-state index contributed by atoms with van der Waals surface area (Å²) in [7, 11) is 0. The van der Waals surface area contributed by atoms with Crippen molar-refractivity contribution in [2.75, 3.05) is 5.32 Å². The average Bonchev–Trinajstić information content (AvgIpc) is 2.38. The van der Waals surface area contributed by atoms with Crippen molar-refractivity contribution in [1.29, 1.82) is 0 Å². The van der Waals surface area contributed by atoms with E-state index in [9.17, 15) is 13.2 Å². The molecular weight excluding hydrogens is 351 g/mol. The van der Waals surface area contributed by atoms with Crippen LogP contribution in [0, 0.1) is 0 Å². The Morgan fingerprint density at radius 1 is 0.950 bits per heavy atom. The van der Waals surface area contributed by atoms with Gasteiger partial charge in [0.2, 0.25) is 0 Å². The molecule has 0 saturated carbocycles. The quantitative estimate of drug-likeness (QED) is 0.703. The minimum absolute atomic E-state index is 0.107. The largest absolute Gasteiger partial charge is 0.446 e. The Balaban J connectivity index is 1.92. The molecule has 2 aromatic carbocycles. The number of thioether (sulfide) groups is 1. The van der Waals surface area contributed by atoms with Gasteiger partial charge in [-0.2, -0.15) is 13.2 Å². The lowest BCUT2D eigenvalue weighted by Crippen LogP contribution is -2.00. The molecule has 6 heteroatoms. The minimum atomic E-state index is -4.24. The summed E-state index contributed by atoms with van der Waals surface area (Å²) in [6.07, 6.45) is 0. The van der Waals surface area contributed by atoms with E-state index in [1.165, 1.54) is 12.1 Å². The maximum absolute atomic E-state index is 12.2. The van der Waals surface area contributed by atoms with Gasteiger partial charge in [-0.3, -0.25) is 0 Å². The third-order valence-corrected chi connectivity index (χ3v) is 3.77. The number of hydrogen-bond donors (Lipinski definition) is 1. The Morgan fingerprint density at radius 3 is 2.10 bits per heavy atom. The van der Waals surface area contributed by atoms with Crippen molar-refractivity contribution >= 4 is 33.4 Å².